The number of benzene rings is 2. The molecule has 0 aromatic heterocycles. The van der Waals surface area contributed by atoms with Crippen LogP contribution in [0.5, 0.6) is 11.5 Å². The van der Waals surface area contributed by atoms with Gasteiger partial charge >= 0.3 is 0 Å². The van der Waals surface area contributed by atoms with Crippen LogP contribution in [0.2, 0.25) is 0 Å². The highest BCUT2D eigenvalue weighted by molar-refractivity contribution is 5.80. The summed E-state index contributed by atoms with van der Waals surface area (Å²) in [5.74, 6) is 1.10. The molecule has 3 rings (SSSR count). The number of halogens is 1. The molecule has 1 heterocycles. The number of nitrogens with one attached hydrogen (secondary N) is 1. The van der Waals surface area contributed by atoms with Crippen molar-refractivity contribution >= 4 is 11.9 Å². The van der Waals surface area contributed by atoms with Crippen LogP contribution in [-0.2, 0) is 11.3 Å². The molecule has 1 aliphatic rings. The van der Waals surface area contributed by atoms with Crippen molar-refractivity contribution in [3.8, 4) is 11.5 Å². The van der Waals surface area contributed by atoms with Crippen molar-refractivity contribution in [3.05, 3.63) is 53.3 Å². The Morgan fingerprint density at radius 2 is 1.89 bits per heavy atom. The fourth-order valence-corrected chi connectivity index (χ4v) is 2.91. The lowest BCUT2D eigenvalue weighted by molar-refractivity contribution is 0.122. The number of nitrogens with zero attached hydrogens (tertiary/aromatic N) is 2. The summed E-state index contributed by atoms with van der Waals surface area (Å²) < 4.78 is 30.2. The number of hydrogen-bond acceptors (Lipinski definition) is 6. The number of rotatable bonds is 7. The van der Waals surface area contributed by atoms with Crippen molar-refractivity contribution in [2.75, 3.05) is 45.4 Å². The maximum absolute atomic E-state index is 14.4. The lowest BCUT2D eigenvalue weighted by Crippen LogP contribution is -2.36. The quantitative estimate of drug-likeness (QED) is 0.598. The molecule has 0 atom stereocenters. The highest BCUT2D eigenvalue weighted by atomic mass is 19.1. The summed E-state index contributed by atoms with van der Waals surface area (Å²) in [4.78, 5) is 2.00. The molecule has 0 amide bonds. The molecule has 1 fully saturated rings. The Morgan fingerprint density at radius 1 is 1.11 bits per heavy atom. The third kappa shape index (κ3) is 4.89. The minimum Gasteiger partial charge on any atom is -0.493 e. The van der Waals surface area contributed by atoms with Gasteiger partial charge in [0.15, 0.2) is 11.5 Å². The zero-order valence-electron chi connectivity index (χ0n) is 15.6. The number of anilines is 1. The van der Waals surface area contributed by atoms with Gasteiger partial charge in [-0.1, -0.05) is 12.1 Å². The van der Waals surface area contributed by atoms with E-state index in [4.69, 9.17) is 14.2 Å². The summed E-state index contributed by atoms with van der Waals surface area (Å²) in [7, 11) is 3.20. The van der Waals surface area contributed by atoms with E-state index in [9.17, 15) is 4.39 Å². The van der Waals surface area contributed by atoms with Crippen LogP contribution >= 0.6 is 0 Å². The van der Waals surface area contributed by atoms with Crippen molar-refractivity contribution in [2.45, 2.75) is 6.54 Å². The molecular weight excluding hydrogens is 349 g/mol. The van der Waals surface area contributed by atoms with Gasteiger partial charge in [0.1, 0.15) is 5.82 Å². The Bertz CT molecular complexity index is 792. The van der Waals surface area contributed by atoms with Crippen molar-refractivity contribution in [1.82, 2.24) is 5.43 Å². The van der Waals surface area contributed by atoms with Crippen LogP contribution in [0.4, 0.5) is 10.1 Å². The van der Waals surface area contributed by atoms with Crippen LogP contribution < -0.4 is 19.8 Å². The van der Waals surface area contributed by atoms with E-state index in [0.717, 1.165) is 5.56 Å². The second-order valence-corrected chi connectivity index (χ2v) is 6.09. The zero-order chi connectivity index (χ0) is 19.1. The number of hydrazone groups is 1. The number of hydrogen-bond donors (Lipinski definition) is 1. The summed E-state index contributed by atoms with van der Waals surface area (Å²) in [6.07, 6.45) is 1.60. The molecule has 7 heteroatoms. The normalized spacial score (nSPS) is 14.4. The Balaban J connectivity index is 1.57. The van der Waals surface area contributed by atoms with Gasteiger partial charge in [-0.05, 0) is 35.4 Å². The predicted molar refractivity (Wildman–Crippen MR) is 103 cm³/mol. The van der Waals surface area contributed by atoms with Crippen LogP contribution in [-0.4, -0.2) is 46.7 Å². The molecular formula is C20H24FN3O3. The average molecular weight is 373 g/mol. The van der Waals surface area contributed by atoms with Crippen LogP contribution in [0.15, 0.2) is 41.5 Å². The summed E-state index contributed by atoms with van der Waals surface area (Å²) >= 11 is 0. The van der Waals surface area contributed by atoms with E-state index < -0.39 is 0 Å². The van der Waals surface area contributed by atoms with Gasteiger partial charge in [0.25, 0.3) is 0 Å². The third-order valence-corrected chi connectivity index (χ3v) is 4.36. The topological polar surface area (TPSA) is 55.3 Å². The summed E-state index contributed by atoms with van der Waals surface area (Å²) in [5, 5.41) is 4.17. The molecule has 1 saturated heterocycles. The molecule has 0 radical (unpaired) electrons. The first-order chi connectivity index (χ1) is 13.2. The molecule has 27 heavy (non-hydrogen) atoms. The number of methoxy groups -OCH3 is 2. The van der Waals surface area contributed by atoms with Gasteiger partial charge < -0.3 is 24.5 Å². The highest BCUT2D eigenvalue weighted by Crippen LogP contribution is 2.27. The molecule has 1 N–H and O–H groups in total. The summed E-state index contributed by atoms with van der Waals surface area (Å²) in [6, 6.07) is 10.8. The first-order valence-electron chi connectivity index (χ1n) is 8.80. The van der Waals surface area contributed by atoms with Crippen molar-refractivity contribution in [3.63, 3.8) is 0 Å². The van der Waals surface area contributed by atoms with Crippen molar-refractivity contribution in [1.29, 1.82) is 0 Å². The molecule has 0 saturated carbocycles. The van der Waals surface area contributed by atoms with Gasteiger partial charge in [0.2, 0.25) is 0 Å². The van der Waals surface area contributed by atoms with Crippen LogP contribution in [0.1, 0.15) is 11.1 Å². The summed E-state index contributed by atoms with van der Waals surface area (Å²) in [5.41, 5.74) is 5.26. The largest absolute Gasteiger partial charge is 0.493 e. The van der Waals surface area contributed by atoms with Gasteiger partial charge in [-0.2, -0.15) is 5.10 Å². The molecule has 2 aromatic rings. The van der Waals surface area contributed by atoms with Gasteiger partial charge in [-0.3, -0.25) is 0 Å². The maximum Gasteiger partial charge on any atom is 0.161 e. The smallest absolute Gasteiger partial charge is 0.161 e. The van der Waals surface area contributed by atoms with Gasteiger partial charge in [0.05, 0.1) is 45.9 Å². The minimum absolute atomic E-state index is 0.249. The molecule has 144 valence electrons. The fourth-order valence-electron chi connectivity index (χ4n) is 2.91. The Hall–Kier alpha value is -2.80. The summed E-state index contributed by atoms with van der Waals surface area (Å²) in [6.45, 7) is 3.19. The lowest BCUT2D eigenvalue weighted by Gasteiger charge is -2.29. The molecule has 0 bridgehead atoms. The van der Waals surface area contributed by atoms with E-state index >= 15 is 0 Å². The lowest BCUT2D eigenvalue weighted by atomic mass is 10.2. The molecule has 0 spiro atoms. The predicted octanol–water partition coefficient (Wildman–Crippen LogP) is 2.80. The first-order valence-corrected chi connectivity index (χ1v) is 8.80. The van der Waals surface area contributed by atoms with Crippen LogP contribution in [0.3, 0.4) is 0 Å². The monoisotopic (exact) mass is 373 g/mol. The third-order valence-electron chi connectivity index (χ3n) is 4.36. The van der Waals surface area contributed by atoms with E-state index in [2.05, 4.69) is 10.5 Å². The second-order valence-electron chi connectivity index (χ2n) is 6.09. The van der Waals surface area contributed by atoms with Crippen LogP contribution in [0.25, 0.3) is 0 Å². The molecule has 0 unspecified atom stereocenters. The van der Waals surface area contributed by atoms with Gasteiger partial charge in [-0.15, -0.1) is 0 Å². The molecule has 2 aromatic carbocycles. The van der Waals surface area contributed by atoms with Gasteiger partial charge in [0, 0.05) is 13.1 Å². The van der Waals surface area contributed by atoms with E-state index in [1.54, 1.807) is 26.5 Å². The number of morpholine rings is 1. The van der Waals surface area contributed by atoms with Gasteiger partial charge in [-0.25, -0.2) is 4.39 Å². The van der Waals surface area contributed by atoms with E-state index in [1.165, 1.54) is 6.07 Å². The molecule has 6 nitrogen and oxygen atoms in total. The fraction of sp³-hybridized carbons (Fsp3) is 0.350. The van der Waals surface area contributed by atoms with E-state index in [0.29, 0.717) is 55.6 Å². The maximum atomic E-state index is 14.4. The Morgan fingerprint density at radius 3 is 2.59 bits per heavy atom. The highest BCUT2D eigenvalue weighted by Gasteiger charge is 2.14. The zero-order valence-corrected chi connectivity index (χ0v) is 15.6. The Kier molecular flexibility index (Phi) is 6.49. The van der Waals surface area contributed by atoms with Crippen LogP contribution in [0, 0.1) is 5.82 Å². The second kappa shape index (κ2) is 9.23. The number of ether oxygens (including phenoxy) is 3. The van der Waals surface area contributed by atoms with Crippen molar-refractivity contribution in [2.24, 2.45) is 5.10 Å². The first kappa shape index (κ1) is 19.0. The van der Waals surface area contributed by atoms with E-state index in [1.807, 2.05) is 29.2 Å². The minimum atomic E-state index is -0.249. The van der Waals surface area contributed by atoms with Crippen molar-refractivity contribution < 1.29 is 18.6 Å². The Labute approximate surface area is 158 Å². The molecule has 0 aliphatic carbocycles. The SMILES string of the molecule is COc1ccc(CN/N=C\c2ccc(N3CCOCC3)c(F)c2)cc1OC. The standard InChI is InChI=1S/C20H24FN3O3/c1-25-19-6-4-16(12-20(19)26-2)14-23-22-13-15-3-5-18(17(21)11-15)24-7-9-27-10-8-24/h3-6,11-13,23H,7-10,14H2,1-2H3/b22-13-. The van der Waals surface area contributed by atoms with E-state index in [-0.39, 0.29) is 5.82 Å². The average Bonchev–Trinajstić information content (AvgIpc) is 2.71. The molecule has 1 aliphatic heterocycles.